The summed E-state index contributed by atoms with van der Waals surface area (Å²) in [7, 11) is 1.66. The number of benzene rings is 1. The largest absolute Gasteiger partial charge is 0.493 e. The number of aryl methyl sites for hydroxylation is 1. The summed E-state index contributed by atoms with van der Waals surface area (Å²) in [6.07, 6.45) is 6.68. The number of rotatable bonds is 9. The molecule has 6 heteroatoms. The minimum atomic E-state index is 0.620. The van der Waals surface area contributed by atoms with Crippen LogP contribution in [0.4, 0.5) is 0 Å². The van der Waals surface area contributed by atoms with Gasteiger partial charge in [-0.05, 0) is 37.6 Å². The first-order chi connectivity index (χ1) is 10.7. The first-order valence-electron chi connectivity index (χ1n) is 7.40. The summed E-state index contributed by atoms with van der Waals surface area (Å²) < 4.78 is 14.1. The molecule has 0 bridgehead atoms. The molecule has 2 rings (SSSR count). The van der Waals surface area contributed by atoms with Crippen molar-refractivity contribution in [1.29, 1.82) is 0 Å². The van der Waals surface area contributed by atoms with E-state index < -0.39 is 0 Å². The van der Waals surface area contributed by atoms with Crippen molar-refractivity contribution < 1.29 is 9.47 Å². The standard InChI is InChI=1S/C16H22BrN3O2/c1-3-22-16-10-14(17)13(9-15(16)21-2)11-18-5-4-7-20-8-6-19-12-20/h6,8-10,12,18H,3-5,7,11H2,1-2H3. The van der Waals surface area contributed by atoms with Crippen LogP contribution in [0, 0.1) is 0 Å². The van der Waals surface area contributed by atoms with E-state index >= 15 is 0 Å². The molecule has 1 aromatic carbocycles. The number of nitrogens with zero attached hydrogens (tertiary/aromatic N) is 2. The lowest BCUT2D eigenvalue weighted by Crippen LogP contribution is -2.16. The smallest absolute Gasteiger partial charge is 0.162 e. The van der Waals surface area contributed by atoms with Crippen LogP contribution in [0.15, 0.2) is 35.3 Å². The van der Waals surface area contributed by atoms with Crippen molar-refractivity contribution in [1.82, 2.24) is 14.9 Å². The Labute approximate surface area is 139 Å². The van der Waals surface area contributed by atoms with Crippen LogP contribution in [0.5, 0.6) is 11.5 Å². The third kappa shape index (κ3) is 4.74. The van der Waals surface area contributed by atoms with Crippen LogP contribution < -0.4 is 14.8 Å². The van der Waals surface area contributed by atoms with Gasteiger partial charge in [0, 0.05) is 30.0 Å². The Kier molecular flexibility index (Phi) is 6.74. The molecule has 0 spiro atoms. The monoisotopic (exact) mass is 367 g/mol. The van der Waals surface area contributed by atoms with E-state index in [-0.39, 0.29) is 0 Å². The van der Waals surface area contributed by atoms with Gasteiger partial charge in [0.25, 0.3) is 0 Å². The fourth-order valence-electron chi connectivity index (χ4n) is 2.17. The van der Waals surface area contributed by atoms with Crippen LogP contribution in [0.3, 0.4) is 0 Å². The zero-order valence-corrected chi connectivity index (χ0v) is 14.6. The summed E-state index contributed by atoms with van der Waals surface area (Å²) in [5.41, 5.74) is 1.16. The molecule has 0 aliphatic carbocycles. The minimum absolute atomic E-state index is 0.620. The molecule has 0 aliphatic rings. The van der Waals surface area contributed by atoms with Gasteiger partial charge in [0.1, 0.15) is 0 Å². The first-order valence-corrected chi connectivity index (χ1v) is 8.19. The molecule has 22 heavy (non-hydrogen) atoms. The fourth-order valence-corrected chi connectivity index (χ4v) is 2.63. The van der Waals surface area contributed by atoms with Crippen LogP contribution in [0.1, 0.15) is 18.9 Å². The average molecular weight is 368 g/mol. The number of methoxy groups -OCH3 is 1. The predicted octanol–water partition coefficient (Wildman–Crippen LogP) is 3.23. The molecule has 120 valence electrons. The van der Waals surface area contributed by atoms with Crippen LogP contribution in [0.25, 0.3) is 0 Å². The van der Waals surface area contributed by atoms with E-state index in [1.54, 1.807) is 13.3 Å². The van der Waals surface area contributed by atoms with Gasteiger partial charge in [-0.1, -0.05) is 15.9 Å². The highest BCUT2D eigenvalue weighted by Crippen LogP contribution is 2.33. The van der Waals surface area contributed by atoms with E-state index in [2.05, 4.69) is 30.8 Å². The van der Waals surface area contributed by atoms with Crippen molar-refractivity contribution in [3.05, 3.63) is 40.9 Å². The van der Waals surface area contributed by atoms with E-state index in [1.807, 2.05) is 31.6 Å². The van der Waals surface area contributed by atoms with Crippen molar-refractivity contribution in [3.8, 4) is 11.5 Å². The molecular weight excluding hydrogens is 346 g/mol. The van der Waals surface area contributed by atoms with Crippen LogP contribution in [-0.4, -0.2) is 29.8 Å². The van der Waals surface area contributed by atoms with Crippen LogP contribution >= 0.6 is 15.9 Å². The zero-order chi connectivity index (χ0) is 15.8. The summed E-state index contributed by atoms with van der Waals surface area (Å²) in [6.45, 7) is 5.28. The highest BCUT2D eigenvalue weighted by Gasteiger charge is 2.09. The first kappa shape index (κ1) is 16.8. The summed E-state index contributed by atoms with van der Waals surface area (Å²) in [6, 6.07) is 3.97. The Morgan fingerprint density at radius 1 is 1.32 bits per heavy atom. The second kappa shape index (κ2) is 8.80. The Bertz CT molecular complexity index is 573. The van der Waals surface area contributed by atoms with Gasteiger partial charge in [0.05, 0.1) is 20.0 Å². The number of aromatic nitrogens is 2. The van der Waals surface area contributed by atoms with Crippen molar-refractivity contribution in [3.63, 3.8) is 0 Å². The van der Waals surface area contributed by atoms with Gasteiger partial charge < -0.3 is 19.4 Å². The van der Waals surface area contributed by atoms with Crippen molar-refractivity contribution in [2.24, 2.45) is 0 Å². The molecule has 0 fully saturated rings. The van der Waals surface area contributed by atoms with E-state index in [0.29, 0.717) is 6.61 Å². The summed E-state index contributed by atoms with van der Waals surface area (Å²) in [5, 5.41) is 3.45. The number of hydrogen-bond donors (Lipinski definition) is 1. The molecule has 5 nitrogen and oxygen atoms in total. The third-order valence-corrected chi connectivity index (χ3v) is 4.02. The molecule has 2 aromatic rings. The van der Waals surface area contributed by atoms with Gasteiger partial charge in [0.2, 0.25) is 0 Å². The van der Waals surface area contributed by atoms with Crippen molar-refractivity contribution >= 4 is 15.9 Å². The summed E-state index contributed by atoms with van der Waals surface area (Å²) >= 11 is 3.59. The molecule has 0 radical (unpaired) electrons. The minimum Gasteiger partial charge on any atom is -0.493 e. The summed E-state index contributed by atoms with van der Waals surface area (Å²) in [5.74, 6) is 1.53. The van der Waals surface area contributed by atoms with Gasteiger partial charge in [0.15, 0.2) is 11.5 Å². The van der Waals surface area contributed by atoms with E-state index in [1.165, 1.54) is 0 Å². The maximum atomic E-state index is 5.56. The molecule has 0 saturated carbocycles. The van der Waals surface area contributed by atoms with Gasteiger partial charge in [-0.25, -0.2) is 4.98 Å². The van der Waals surface area contributed by atoms with Crippen LogP contribution in [0.2, 0.25) is 0 Å². The van der Waals surface area contributed by atoms with Gasteiger partial charge in [-0.15, -0.1) is 0 Å². The summed E-state index contributed by atoms with van der Waals surface area (Å²) in [4.78, 5) is 4.03. The molecule has 0 atom stereocenters. The number of ether oxygens (including phenoxy) is 2. The highest BCUT2D eigenvalue weighted by atomic mass is 79.9. The van der Waals surface area contributed by atoms with Crippen molar-refractivity contribution in [2.75, 3.05) is 20.3 Å². The molecule has 0 saturated heterocycles. The SMILES string of the molecule is CCOc1cc(Br)c(CNCCCn2ccnc2)cc1OC. The molecule has 0 unspecified atom stereocenters. The van der Waals surface area contributed by atoms with E-state index in [9.17, 15) is 0 Å². The fraction of sp³-hybridized carbons (Fsp3) is 0.438. The van der Waals surface area contributed by atoms with Gasteiger partial charge in [-0.3, -0.25) is 0 Å². The van der Waals surface area contributed by atoms with E-state index in [0.717, 1.165) is 47.6 Å². The Balaban J connectivity index is 1.84. The average Bonchev–Trinajstić information content (AvgIpc) is 3.02. The Morgan fingerprint density at radius 2 is 2.18 bits per heavy atom. The maximum Gasteiger partial charge on any atom is 0.162 e. The zero-order valence-electron chi connectivity index (χ0n) is 13.0. The lowest BCUT2D eigenvalue weighted by molar-refractivity contribution is 0.310. The number of halogens is 1. The molecule has 1 N–H and O–H groups in total. The second-order valence-corrected chi connectivity index (χ2v) is 5.71. The van der Waals surface area contributed by atoms with Gasteiger partial charge >= 0.3 is 0 Å². The Hall–Kier alpha value is -1.53. The quantitative estimate of drug-likeness (QED) is 0.691. The second-order valence-electron chi connectivity index (χ2n) is 4.86. The molecular formula is C16H22BrN3O2. The number of imidazole rings is 1. The Morgan fingerprint density at radius 3 is 2.86 bits per heavy atom. The van der Waals surface area contributed by atoms with Crippen LogP contribution in [-0.2, 0) is 13.1 Å². The number of nitrogens with one attached hydrogen (secondary N) is 1. The van der Waals surface area contributed by atoms with E-state index in [4.69, 9.17) is 9.47 Å². The normalized spacial score (nSPS) is 10.7. The highest BCUT2D eigenvalue weighted by molar-refractivity contribution is 9.10. The topological polar surface area (TPSA) is 48.3 Å². The lowest BCUT2D eigenvalue weighted by atomic mass is 10.2. The lowest BCUT2D eigenvalue weighted by Gasteiger charge is -2.13. The molecule has 0 aliphatic heterocycles. The van der Waals surface area contributed by atoms with Gasteiger partial charge in [-0.2, -0.15) is 0 Å². The number of hydrogen-bond acceptors (Lipinski definition) is 4. The predicted molar refractivity (Wildman–Crippen MR) is 90.4 cm³/mol. The van der Waals surface area contributed by atoms with Crippen molar-refractivity contribution in [2.45, 2.75) is 26.4 Å². The molecule has 1 heterocycles. The third-order valence-electron chi connectivity index (χ3n) is 3.28. The maximum absolute atomic E-state index is 5.56. The molecule has 0 amide bonds. The molecule has 1 aromatic heterocycles.